The molecule has 1 aliphatic heterocycles. The van der Waals surface area contributed by atoms with Crippen LogP contribution in [0.2, 0.25) is 0 Å². The van der Waals surface area contributed by atoms with Crippen molar-refractivity contribution in [1.82, 2.24) is 0 Å². The summed E-state index contributed by atoms with van der Waals surface area (Å²) in [5.41, 5.74) is 6.45. The number of benzene rings is 1. The van der Waals surface area contributed by atoms with E-state index in [1.165, 1.54) is 12.1 Å². The largest absolute Gasteiger partial charge is 0.586 e. The zero-order valence-corrected chi connectivity index (χ0v) is 8.17. The lowest BCUT2D eigenvalue weighted by Crippen LogP contribution is -2.25. The van der Waals surface area contributed by atoms with Crippen molar-refractivity contribution in [1.29, 1.82) is 0 Å². The van der Waals surface area contributed by atoms with Crippen molar-refractivity contribution >= 4 is 0 Å². The maximum atomic E-state index is 12.7. The highest BCUT2D eigenvalue weighted by molar-refractivity contribution is 5.45. The summed E-state index contributed by atoms with van der Waals surface area (Å²) in [6.07, 6.45) is -2.93. The van der Waals surface area contributed by atoms with Crippen molar-refractivity contribution in [2.24, 2.45) is 5.73 Å². The van der Waals surface area contributed by atoms with Crippen LogP contribution in [0.1, 0.15) is 12.5 Å². The number of hydrogen-bond acceptors (Lipinski definition) is 3. The van der Waals surface area contributed by atoms with Gasteiger partial charge in [-0.2, -0.15) is 0 Å². The monoisotopic (exact) mass is 215 g/mol. The molecule has 15 heavy (non-hydrogen) atoms. The lowest BCUT2D eigenvalue weighted by atomic mass is 10.1. The van der Waals surface area contributed by atoms with E-state index in [0.29, 0.717) is 6.42 Å². The van der Waals surface area contributed by atoms with Crippen LogP contribution in [0.3, 0.4) is 0 Å². The predicted molar refractivity (Wildman–Crippen MR) is 50.0 cm³/mol. The molecule has 0 bridgehead atoms. The molecule has 5 heteroatoms. The zero-order valence-electron chi connectivity index (χ0n) is 8.17. The summed E-state index contributed by atoms with van der Waals surface area (Å²) in [4.78, 5) is 0. The summed E-state index contributed by atoms with van der Waals surface area (Å²) in [7, 11) is 0. The molecule has 0 saturated heterocycles. The molecule has 0 saturated carbocycles. The van der Waals surface area contributed by atoms with Gasteiger partial charge in [-0.05, 0) is 31.0 Å². The molecule has 1 aromatic carbocycles. The molecular formula is C10H11F2NO2. The Morgan fingerprint density at radius 3 is 2.67 bits per heavy atom. The molecule has 0 aliphatic carbocycles. The van der Waals surface area contributed by atoms with Gasteiger partial charge in [0.25, 0.3) is 0 Å². The third-order valence-electron chi connectivity index (χ3n) is 2.02. The van der Waals surface area contributed by atoms with E-state index >= 15 is 0 Å². The molecule has 0 spiro atoms. The molecule has 2 rings (SSSR count). The summed E-state index contributed by atoms with van der Waals surface area (Å²) in [5, 5.41) is 0. The normalized spacial score (nSPS) is 18.9. The molecule has 1 heterocycles. The minimum Gasteiger partial charge on any atom is -0.395 e. The number of alkyl halides is 2. The Hall–Kier alpha value is -1.36. The van der Waals surface area contributed by atoms with Crippen molar-refractivity contribution in [2.45, 2.75) is 25.7 Å². The van der Waals surface area contributed by atoms with E-state index in [1.807, 2.05) is 6.92 Å². The third-order valence-corrected chi connectivity index (χ3v) is 2.02. The Bertz CT molecular complexity index is 380. The average Bonchev–Trinajstić information content (AvgIpc) is 2.36. The van der Waals surface area contributed by atoms with Crippen LogP contribution in [0.15, 0.2) is 18.2 Å². The van der Waals surface area contributed by atoms with Gasteiger partial charge in [0.1, 0.15) is 0 Å². The fourth-order valence-corrected chi connectivity index (χ4v) is 1.49. The van der Waals surface area contributed by atoms with Gasteiger partial charge in [-0.1, -0.05) is 6.07 Å². The van der Waals surface area contributed by atoms with Crippen molar-refractivity contribution < 1.29 is 18.3 Å². The first-order valence-corrected chi connectivity index (χ1v) is 4.60. The van der Waals surface area contributed by atoms with Crippen LogP contribution in [-0.2, 0) is 6.42 Å². The zero-order chi connectivity index (χ0) is 11.1. The minimum atomic E-state index is -3.55. The SMILES string of the molecule is C[C@@H](N)Cc1ccc2c(c1)OC(F)(F)O2. The smallest absolute Gasteiger partial charge is 0.395 e. The van der Waals surface area contributed by atoms with Gasteiger partial charge in [0.2, 0.25) is 0 Å². The number of hydrogen-bond donors (Lipinski definition) is 1. The van der Waals surface area contributed by atoms with Gasteiger partial charge in [0.15, 0.2) is 11.5 Å². The summed E-state index contributed by atoms with van der Waals surface area (Å²) in [6.45, 7) is 1.85. The van der Waals surface area contributed by atoms with Crippen LogP contribution < -0.4 is 15.2 Å². The second-order valence-corrected chi connectivity index (χ2v) is 3.63. The van der Waals surface area contributed by atoms with Gasteiger partial charge in [0, 0.05) is 6.04 Å². The maximum Gasteiger partial charge on any atom is 0.586 e. The molecule has 3 nitrogen and oxygen atoms in total. The predicted octanol–water partition coefficient (Wildman–Crippen LogP) is 1.90. The Labute approximate surface area is 85.8 Å². The number of rotatable bonds is 2. The van der Waals surface area contributed by atoms with Crippen molar-refractivity contribution in [3.8, 4) is 11.5 Å². The van der Waals surface area contributed by atoms with E-state index in [-0.39, 0.29) is 17.5 Å². The average molecular weight is 215 g/mol. The molecule has 2 N–H and O–H groups in total. The lowest BCUT2D eigenvalue weighted by molar-refractivity contribution is -0.286. The first-order chi connectivity index (χ1) is 6.96. The fraction of sp³-hybridized carbons (Fsp3) is 0.400. The summed E-state index contributed by atoms with van der Waals surface area (Å²) in [5.74, 6) is 0.131. The van der Waals surface area contributed by atoms with Gasteiger partial charge in [-0.3, -0.25) is 0 Å². The molecule has 1 aromatic rings. The second kappa shape index (κ2) is 3.34. The fourth-order valence-electron chi connectivity index (χ4n) is 1.49. The number of ether oxygens (including phenoxy) is 2. The highest BCUT2D eigenvalue weighted by atomic mass is 19.3. The second-order valence-electron chi connectivity index (χ2n) is 3.63. The lowest BCUT2D eigenvalue weighted by Gasteiger charge is -2.05. The Morgan fingerprint density at radius 1 is 1.33 bits per heavy atom. The highest BCUT2D eigenvalue weighted by Crippen LogP contribution is 2.41. The number of halogens is 2. The summed E-state index contributed by atoms with van der Waals surface area (Å²) < 4.78 is 33.9. The molecule has 0 fully saturated rings. The molecule has 0 unspecified atom stereocenters. The summed E-state index contributed by atoms with van der Waals surface area (Å²) in [6, 6.07) is 4.67. The minimum absolute atomic E-state index is 0.0223. The molecule has 1 aliphatic rings. The Kier molecular flexibility index (Phi) is 2.26. The van der Waals surface area contributed by atoms with Crippen LogP contribution in [0.4, 0.5) is 8.78 Å². The van der Waals surface area contributed by atoms with Crippen LogP contribution in [-0.4, -0.2) is 12.3 Å². The first-order valence-electron chi connectivity index (χ1n) is 4.60. The van der Waals surface area contributed by atoms with Crippen molar-refractivity contribution in [3.05, 3.63) is 23.8 Å². The molecule has 82 valence electrons. The standard InChI is InChI=1S/C10H11F2NO2/c1-6(13)4-7-2-3-8-9(5-7)15-10(11,12)14-8/h2-3,5-6H,4,13H2,1H3/t6-/m1/s1. The van der Waals surface area contributed by atoms with E-state index in [1.54, 1.807) is 6.07 Å². The van der Waals surface area contributed by atoms with E-state index in [2.05, 4.69) is 9.47 Å². The van der Waals surface area contributed by atoms with Gasteiger partial charge >= 0.3 is 6.29 Å². The number of nitrogens with two attached hydrogens (primary N) is 1. The van der Waals surface area contributed by atoms with Gasteiger partial charge in [-0.25, -0.2) is 0 Å². The molecule has 0 radical (unpaired) electrons. The van der Waals surface area contributed by atoms with Gasteiger partial charge in [-0.15, -0.1) is 8.78 Å². The molecule has 0 amide bonds. The van der Waals surface area contributed by atoms with E-state index < -0.39 is 6.29 Å². The number of fused-ring (bicyclic) bond motifs is 1. The first kappa shape index (κ1) is 10.2. The third kappa shape index (κ3) is 2.18. The maximum absolute atomic E-state index is 12.7. The van der Waals surface area contributed by atoms with Crippen LogP contribution in [0.25, 0.3) is 0 Å². The highest BCUT2D eigenvalue weighted by Gasteiger charge is 2.43. The van der Waals surface area contributed by atoms with E-state index in [4.69, 9.17) is 5.73 Å². The quantitative estimate of drug-likeness (QED) is 0.819. The Morgan fingerprint density at radius 2 is 2.00 bits per heavy atom. The Balaban J connectivity index is 2.23. The molecule has 0 aromatic heterocycles. The summed E-state index contributed by atoms with van der Waals surface area (Å²) >= 11 is 0. The molecule has 1 atom stereocenters. The van der Waals surface area contributed by atoms with Crippen LogP contribution in [0.5, 0.6) is 11.5 Å². The van der Waals surface area contributed by atoms with E-state index in [9.17, 15) is 8.78 Å². The van der Waals surface area contributed by atoms with Crippen LogP contribution in [0, 0.1) is 0 Å². The van der Waals surface area contributed by atoms with E-state index in [0.717, 1.165) is 5.56 Å². The van der Waals surface area contributed by atoms with Gasteiger partial charge < -0.3 is 15.2 Å². The van der Waals surface area contributed by atoms with Crippen molar-refractivity contribution in [3.63, 3.8) is 0 Å². The van der Waals surface area contributed by atoms with Crippen molar-refractivity contribution in [2.75, 3.05) is 0 Å². The van der Waals surface area contributed by atoms with Crippen LogP contribution >= 0.6 is 0 Å². The molecular weight excluding hydrogens is 204 g/mol. The van der Waals surface area contributed by atoms with Gasteiger partial charge in [0.05, 0.1) is 0 Å². The topological polar surface area (TPSA) is 44.5 Å².